The molecule has 0 aliphatic carbocycles. The zero-order valence-electron chi connectivity index (χ0n) is 13.7. The molecule has 0 saturated heterocycles. The predicted octanol–water partition coefficient (Wildman–Crippen LogP) is 3.20. The lowest BCUT2D eigenvalue weighted by molar-refractivity contribution is 0.0516. The first-order valence-corrected chi connectivity index (χ1v) is 8.15. The standard InChI is InChI=1S/C18H12ClN3O5/c19-13-4-2-1-3-11(13)16-12(8-26-21-16)18(23)27-22-17(20)10-5-6-14-15(7-10)25-9-24-14/h1-8H,9H2,(H2,20,22). The first-order chi connectivity index (χ1) is 13.1. The van der Waals surface area contributed by atoms with Gasteiger partial charge < -0.3 is 24.6 Å². The topological polar surface area (TPSA) is 109 Å². The van der Waals surface area contributed by atoms with Crippen molar-refractivity contribution in [2.45, 2.75) is 0 Å². The van der Waals surface area contributed by atoms with Crippen LogP contribution in [0, 0.1) is 0 Å². The number of nitrogens with two attached hydrogens (primary N) is 1. The number of carbonyl (C=O) groups excluding carboxylic acids is 1. The lowest BCUT2D eigenvalue weighted by Crippen LogP contribution is -2.15. The molecule has 2 heterocycles. The molecular formula is C18H12ClN3O5. The highest BCUT2D eigenvalue weighted by Gasteiger charge is 2.21. The second-order valence-corrected chi connectivity index (χ2v) is 5.89. The molecule has 0 fully saturated rings. The van der Waals surface area contributed by atoms with E-state index in [1.54, 1.807) is 42.5 Å². The Morgan fingerprint density at radius 1 is 1.19 bits per heavy atom. The van der Waals surface area contributed by atoms with Crippen molar-refractivity contribution in [1.82, 2.24) is 5.16 Å². The van der Waals surface area contributed by atoms with Gasteiger partial charge in [0, 0.05) is 11.1 Å². The molecule has 2 aromatic carbocycles. The number of rotatable bonds is 4. The second kappa shape index (κ2) is 7.00. The van der Waals surface area contributed by atoms with E-state index in [4.69, 9.17) is 36.2 Å². The molecule has 2 N–H and O–H groups in total. The third-order valence-corrected chi connectivity index (χ3v) is 4.14. The Morgan fingerprint density at radius 3 is 2.85 bits per heavy atom. The molecule has 0 bridgehead atoms. The van der Waals surface area contributed by atoms with E-state index in [1.807, 2.05) is 0 Å². The minimum atomic E-state index is -0.783. The number of fused-ring (bicyclic) bond motifs is 1. The van der Waals surface area contributed by atoms with Crippen LogP contribution in [0.2, 0.25) is 5.02 Å². The summed E-state index contributed by atoms with van der Waals surface area (Å²) in [5.74, 6) is 0.363. The Hall–Kier alpha value is -3.52. The maximum absolute atomic E-state index is 12.4. The van der Waals surface area contributed by atoms with Gasteiger partial charge in [-0.1, -0.05) is 40.1 Å². The molecule has 3 aromatic rings. The number of hydrogen-bond donors (Lipinski definition) is 1. The van der Waals surface area contributed by atoms with Crippen LogP contribution in [-0.4, -0.2) is 23.8 Å². The fourth-order valence-corrected chi connectivity index (χ4v) is 2.70. The van der Waals surface area contributed by atoms with Crippen LogP contribution in [0.5, 0.6) is 11.5 Å². The number of oxime groups is 1. The lowest BCUT2D eigenvalue weighted by atomic mass is 10.1. The summed E-state index contributed by atoms with van der Waals surface area (Å²) in [6.45, 7) is 0.142. The smallest absolute Gasteiger partial charge is 0.371 e. The van der Waals surface area contributed by atoms with Crippen LogP contribution in [0.3, 0.4) is 0 Å². The first-order valence-electron chi connectivity index (χ1n) is 7.77. The van der Waals surface area contributed by atoms with E-state index in [1.165, 1.54) is 0 Å². The zero-order chi connectivity index (χ0) is 18.8. The van der Waals surface area contributed by atoms with Crippen molar-refractivity contribution >= 4 is 23.4 Å². The first kappa shape index (κ1) is 16.9. The Balaban J connectivity index is 1.54. The Kier molecular flexibility index (Phi) is 4.39. The minimum absolute atomic E-state index is 0.00241. The van der Waals surface area contributed by atoms with Gasteiger partial charge in [-0.3, -0.25) is 0 Å². The van der Waals surface area contributed by atoms with E-state index in [0.29, 0.717) is 27.6 Å². The second-order valence-electron chi connectivity index (χ2n) is 5.48. The van der Waals surface area contributed by atoms with Crippen LogP contribution < -0.4 is 15.2 Å². The maximum atomic E-state index is 12.4. The minimum Gasteiger partial charge on any atom is -0.454 e. The third kappa shape index (κ3) is 3.30. The summed E-state index contributed by atoms with van der Waals surface area (Å²) in [4.78, 5) is 17.3. The molecule has 27 heavy (non-hydrogen) atoms. The summed E-state index contributed by atoms with van der Waals surface area (Å²) in [5, 5.41) is 7.92. The maximum Gasteiger partial charge on any atom is 0.371 e. The van der Waals surface area contributed by atoms with Crippen molar-refractivity contribution in [3.63, 3.8) is 0 Å². The van der Waals surface area contributed by atoms with Crippen molar-refractivity contribution in [3.8, 4) is 22.8 Å². The molecule has 136 valence electrons. The highest BCUT2D eigenvalue weighted by atomic mass is 35.5. The van der Waals surface area contributed by atoms with Gasteiger partial charge in [0.15, 0.2) is 17.3 Å². The van der Waals surface area contributed by atoms with E-state index in [0.717, 1.165) is 6.26 Å². The highest BCUT2D eigenvalue weighted by Crippen LogP contribution is 2.32. The van der Waals surface area contributed by atoms with Gasteiger partial charge in [0.1, 0.15) is 17.5 Å². The van der Waals surface area contributed by atoms with E-state index < -0.39 is 5.97 Å². The van der Waals surface area contributed by atoms with E-state index in [-0.39, 0.29) is 23.9 Å². The Bertz CT molecular complexity index is 1050. The van der Waals surface area contributed by atoms with E-state index >= 15 is 0 Å². The van der Waals surface area contributed by atoms with Gasteiger partial charge in [-0.2, -0.15) is 0 Å². The largest absolute Gasteiger partial charge is 0.454 e. The van der Waals surface area contributed by atoms with Gasteiger partial charge in [0.05, 0.1) is 5.02 Å². The lowest BCUT2D eigenvalue weighted by Gasteiger charge is -2.03. The SMILES string of the molecule is N/C(=N/OC(=O)c1conc1-c1ccccc1Cl)c1ccc2c(c1)OCO2. The molecule has 0 atom stereocenters. The van der Waals surface area contributed by atoms with Gasteiger partial charge >= 0.3 is 5.97 Å². The van der Waals surface area contributed by atoms with Crippen molar-refractivity contribution in [2.24, 2.45) is 10.9 Å². The molecule has 0 saturated carbocycles. The van der Waals surface area contributed by atoms with Crippen LogP contribution in [0.1, 0.15) is 15.9 Å². The average molecular weight is 386 g/mol. The molecule has 0 radical (unpaired) electrons. The van der Waals surface area contributed by atoms with Gasteiger partial charge in [0.2, 0.25) is 6.79 Å². The Morgan fingerprint density at radius 2 is 2.00 bits per heavy atom. The van der Waals surface area contributed by atoms with Crippen LogP contribution in [0.25, 0.3) is 11.3 Å². The summed E-state index contributed by atoms with van der Waals surface area (Å²) in [6, 6.07) is 11.9. The molecule has 9 heteroatoms. The van der Waals surface area contributed by atoms with E-state index in [2.05, 4.69) is 10.3 Å². The molecule has 0 amide bonds. The molecule has 0 unspecified atom stereocenters. The zero-order valence-corrected chi connectivity index (χ0v) is 14.5. The van der Waals surface area contributed by atoms with Gasteiger partial charge in [-0.25, -0.2) is 4.79 Å². The highest BCUT2D eigenvalue weighted by molar-refractivity contribution is 6.33. The fraction of sp³-hybridized carbons (Fsp3) is 0.0556. The van der Waals surface area contributed by atoms with Crippen molar-refractivity contribution in [1.29, 1.82) is 0 Å². The average Bonchev–Trinajstić information content (AvgIpc) is 3.34. The molecule has 8 nitrogen and oxygen atoms in total. The molecule has 1 aliphatic heterocycles. The van der Waals surface area contributed by atoms with Crippen molar-refractivity contribution in [3.05, 3.63) is 64.9 Å². The third-order valence-electron chi connectivity index (χ3n) is 3.81. The molecule has 4 rings (SSSR count). The number of hydrogen-bond acceptors (Lipinski definition) is 7. The molecule has 0 spiro atoms. The summed E-state index contributed by atoms with van der Waals surface area (Å²) in [7, 11) is 0. The monoisotopic (exact) mass is 385 g/mol. The van der Waals surface area contributed by atoms with Crippen molar-refractivity contribution < 1.29 is 23.6 Å². The number of carbonyl (C=O) groups is 1. The van der Waals surface area contributed by atoms with Crippen LogP contribution in [-0.2, 0) is 4.84 Å². The van der Waals surface area contributed by atoms with Gasteiger partial charge in [-0.05, 0) is 24.3 Å². The number of nitrogens with zero attached hydrogens (tertiary/aromatic N) is 2. The number of ether oxygens (including phenoxy) is 2. The van der Waals surface area contributed by atoms with Crippen LogP contribution in [0.15, 0.2) is 58.4 Å². The number of amidine groups is 1. The van der Waals surface area contributed by atoms with Crippen LogP contribution in [0.4, 0.5) is 0 Å². The van der Waals surface area contributed by atoms with E-state index in [9.17, 15) is 4.79 Å². The predicted molar refractivity (Wildman–Crippen MR) is 95.7 cm³/mol. The normalized spacial score (nSPS) is 12.9. The Labute approximate surface area is 158 Å². The summed E-state index contributed by atoms with van der Waals surface area (Å²) >= 11 is 6.14. The quantitative estimate of drug-likeness (QED) is 0.318. The summed E-state index contributed by atoms with van der Waals surface area (Å²) < 4.78 is 15.4. The molecule has 1 aromatic heterocycles. The number of aromatic nitrogens is 1. The van der Waals surface area contributed by atoms with Crippen molar-refractivity contribution in [2.75, 3.05) is 6.79 Å². The summed E-state index contributed by atoms with van der Waals surface area (Å²) in [5.41, 5.74) is 7.26. The number of halogens is 1. The molecular weight excluding hydrogens is 374 g/mol. The van der Waals surface area contributed by atoms with Crippen LogP contribution >= 0.6 is 11.6 Å². The summed E-state index contributed by atoms with van der Waals surface area (Å²) in [6.07, 6.45) is 1.16. The van der Waals surface area contributed by atoms with Gasteiger partial charge in [0.25, 0.3) is 0 Å². The number of benzene rings is 2. The fourth-order valence-electron chi connectivity index (χ4n) is 2.48. The van der Waals surface area contributed by atoms with Gasteiger partial charge in [-0.15, -0.1) is 0 Å². The molecule has 1 aliphatic rings.